The van der Waals surface area contributed by atoms with Crippen LogP contribution in [0.25, 0.3) is 17.7 Å². The first-order valence-corrected chi connectivity index (χ1v) is 23.5. The number of aryl methyl sites for hydroxylation is 8. The van der Waals surface area contributed by atoms with E-state index in [1.165, 1.54) is 77.9 Å². The van der Waals surface area contributed by atoms with Gasteiger partial charge in [-0.2, -0.15) is 0 Å². The lowest BCUT2D eigenvalue weighted by Crippen LogP contribution is -2.28. The van der Waals surface area contributed by atoms with Crippen LogP contribution in [0.5, 0.6) is 0 Å². The number of terminal acetylenes is 1. The van der Waals surface area contributed by atoms with Gasteiger partial charge in [-0.1, -0.05) is 106 Å². The summed E-state index contributed by atoms with van der Waals surface area (Å²) in [6.07, 6.45) is 22.6. The summed E-state index contributed by atoms with van der Waals surface area (Å²) in [6, 6.07) is 18.4. The van der Waals surface area contributed by atoms with E-state index in [1.54, 1.807) is 5.01 Å². The van der Waals surface area contributed by atoms with Gasteiger partial charge < -0.3 is 21.0 Å². The Morgan fingerprint density at radius 2 is 1.62 bits per heavy atom. The smallest absolute Gasteiger partial charge is 0.0519 e. The minimum atomic E-state index is 0.125. The van der Waals surface area contributed by atoms with Crippen LogP contribution in [0, 0.1) is 47.0 Å². The van der Waals surface area contributed by atoms with Crippen molar-refractivity contribution in [2.75, 3.05) is 6.54 Å². The Bertz CT molecular complexity index is 2590. The van der Waals surface area contributed by atoms with E-state index in [2.05, 4.69) is 147 Å². The van der Waals surface area contributed by atoms with Crippen LogP contribution in [0.15, 0.2) is 127 Å². The lowest BCUT2D eigenvalue weighted by molar-refractivity contribution is 0.369. The number of nitrogens with zero attached hydrogens (tertiary/aromatic N) is 1. The standard InChI is InChI=1S/C60H75N5/c1-15-19-20-52-27-24-48(36-50(52)17-3)23-22-40(7)57-45(12)60(64-47(57)14)58(59-44(11)55(18-4)46(13)63-59)56-42(9)33-49(34-43(56)10)25-30-54(61)37-65(62)32-31-39(6)53-29-28-51(41(8)35-53)26-21-38(5)16-2/h2,15,18,21,24,26-29,33-37,39,47,63-64H,1,4-5,7,17,19-20,22-23,25,30-32,61-62H2,3,6,8-14H3/b26-21-,54-37-,60-58-. The summed E-state index contributed by atoms with van der Waals surface area (Å²) in [4.78, 5) is 3.79. The van der Waals surface area contributed by atoms with E-state index in [9.17, 15) is 0 Å². The number of aromatic nitrogens is 1. The highest BCUT2D eigenvalue weighted by atomic mass is 15.4. The van der Waals surface area contributed by atoms with Crippen LogP contribution in [0.4, 0.5) is 0 Å². The maximum Gasteiger partial charge on any atom is 0.0519 e. The molecule has 0 saturated carbocycles. The zero-order valence-corrected chi connectivity index (χ0v) is 41.0. The Kier molecular flexibility index (Phi) is 17.3. The molecule has 5 nitrogen and oxygen atoms in total. The highest BCUT2D eigenvalue weighted by molar-refractivity contribution is 5.89. The SMILES string of the molecule is C#CC(=C)/C=C\c1ccc(C(C)CCN(N)/C=C(\N)CCc2cc(C)c(/C(=C3/NC(C)C(C(=C)CCc4ccc(CCC=C)c(CC)c4)=C3C)c3[nH]c(C)c(C=C)c3C)c(C)c2)cc1C. The van der Waals surface area contributed by atoms with Gasteiger partial charge in [-0.05, 0) is 195 Å². The number of hydrazine groups is 1. The van der Waals surface area contributed by atoms with Crippen molar-refractivity contribution in [1.82, 2.24) is 15.3 Å². The summed E-state index contributed by atoms with van der Waals surface area (Å²) in [5, 5.41) is 5.69. The van der Waals surface area contributed by atoms with E-state index in [4.69, 9.17) is 24.6 Å². The largest absolute Gasteiger partial charge is 0.401 e. The summed E-state index contributed by atoms with van der Waals surface area (Å²) in [5.74, 6) is 9.39. The minimum absolute atomic E-state index is 0.125. The lowest BCUT2D eigenvalue weighted by atomic mass is 9.86. The third-order valence-electron chi connectivity index (χ3n) is 13.3. The summed E-state index contributed by atoms with van der Waals surface area (Å²) in [7, 11) is 0. The molecule has 2 unspecified atom stereocenters. The van der Waals surface area contributed by atoms with E-state index in [0.29, 0.717) is 24.5 Å². The maximum atomic E-state index is 6.62. The maximum absolute atomic E-state index is 6.62. The van der Waals surface area contributed by atoms with Crippen LogP contribution >= 0.6 is 0 Å². The summed E-state index contributed by atoms with van der Waals surface area (Å²) < 4.78 is 0. The van der Waals surface area contributed by atoms with Crippen LogP contribution in [-0.2, 0) is 25.7 Å². The number of H-pyrrole nitrogens is 1. The first kappa shape index (κ1) is 49.8. The number of nitrogens with two attached hydrogens (primary N) is 2. The van der Waals surface area contributed by atoms with Crippen molar-refractivity contribution < 1.29 is 0 Å². The second-order valence-corrected chi connectivity index (χ2v) is 18.3. The summed E-state index contributed by atoms with van der Waals surface area (Å²) >= 11 is 0. The van der Waals surface area contributed by atoms with Crippen molar-refractivity contribution in [3.63, 3.8) is 0 Å². The number of aromatic amines is 1. The first-order chi connectivity index (χ1) is 31.0. The van der Waals surface area contributed by atoms with E-state index in [1.807, 2.05) is 30.5 Å². The molecule has 0 aliphatic carbocycles. The van der Waals surface area contributed by atoms with Gasteiger partial charge in [0.2, 0.25) is 0 Å². The van der Waals surface area contributed by atoms with Crippen molar-refractivity contribution in [1.29, 1.82) is 0 Å². The van der Waals surface area contributed by atoms with Gasteiger partial charge in [-0.3, -0.25) is 0 Å². The first-order valence-electron chi connectivity index (χ1n) is 23.5. The van der Waals surface area contributed by atoms with Crippen molar-refractivity contribution in [3.05, 3.63) is 205 Å². The van der Waals surface area contributed by atoms with Gasteiger partial charge in [0.1, 0.15) is 0 Å². The fourth-order valence-electron chi connectivity index (χ4n) is 9.64. The molecule has 65 heavy (non-hydrogen) atoms. The van der Waals surface area contributed by atoms with Gasteiger partial charge in [0, 0.05) is 47.0 Å². The third kappa shape index (κ3) is 12.1. The Balaban J connectivity index is 1.35. The quantitative estimate of drug-likeness (QED) is 0.0221. The molecular weight excluding hydrogens is 791 g/mol. The molecule has 1 aromatic heterocycles. The fraction of sp³-hybridized carbons (Fsp3) is 0.333. The predicted molar refractivity (Wildman–Crippen MR) is 282 cm³/mol. The second-order valence-electron chi connectivity index (χ2n) is 18.3. The monoisotopic (exact) mass is 866 g/mol. The van der Waals surface area contributed by atoms with Crippen molar-refractivity contribution >= 4 is 17.7 Å². The van der Waals surface area contributed by atoms with Gasteiger partial charge in [-0.25, -0.2) is 5.84 Å². The molecule has 2 heterocycles. The van der Waals surface area contributed by atoms with Gasteiger partial charge in [-0.15, -0.1) is 13.0 Å². The minimum Gasteiger partial charge on any atom is -0.401 e. The topological polar surface area (TPSA) is 83.1 Å². The van der Waals surface area contributed by atoms with Crippen LogP contribution < -0.4 is 16.9 Å². The Labute approximate surface area is 392 Å². The van der Waals surface area contributed by atoms with Crippen molar-refractivity contribution in [3.8, 4) is 12.3 Å². The number of benzene rings is 3. The van der Waals surface area contributed by atoms with Crippen LogP contribution in [0.3, 0.4) is 0 Å². The van der Waals surface area contributed by atoms with Gasteiger partial charge in [0.05, 0.1) is 5.69 Å². The average Bonchev–Trinajstić information content (AvgIpc) is 3.74. The molecule has 5 heteroatoms. The van der Waals surface area contributed by atoms with Crippen LogP contribution in [0.2, 0.25) is 0 Å². The van der Waals surface area contributed by atoms with E-state index >= 15 is 0 Å². The highest BCUT2D eigenvalue weighted by Crippen LogP contribution is 2.41. The number of rotatable bonds is 21. The second kappa shape index (κ2) is 22.6. The zero-order valence-electron chi connectivity index (χ0n) is 41.0. The number of hydrogen-bond acceptors (Lipinski definition) is 4. The molecule has 1 aliphatic rings. The van der Waals surface area contributed by atoms with Crippen LogP contribution in [-0.4, -0.2) is 22.6 Å². The van der Waals surface area contributed by atoms with Crippen molar-refractivity contribution in [2.24, 2.45) is 11.6 Å². The molecular formula is C60H75N5. The molecule has 0 bridgehead atoms. The molecule has 2 atom stereocenters. The summed E-state index contributed by atoms with van der Waals surface area (Å²) in [5.41, 5.74) is 31.5. The molecule has 1 aliphatic heterocycles. The highest BCUT2D eigenvalue weighted by Gasteiger charge is 2.31. The molecule has 0 saturated heterocycles. The summed E-state index contributed by atoms with van der Waals surface area (Å²) in [6.45, 7) is 37.3. The Hall–Kier alpha value is -6.22. The number of hydrogen-bond donors (Lipinski definition) is 4. The fourth-order valence-corrected chi connectivity index (χ4v) is 9.64. The Morgan fingerprint density at radius 3 is 2.25 bits per heavy atom. The predicted octanol–water partition coefficient (Wildman–Crippen LogP) is 13.4. The number of allylic oxidation sites excluding steroid dienone is 5. The van der Waals surface area contributed by atoms with Gasteiger partial charge in [0.15, 0.2) is 0 Å². The molecule has 5 rings (SSSR count). The molecule has 340 valence electrons. The average molecular weight is 866 g/mol. The Morgan fingerprint density at radius 1 is 0.908 bits per heavy atom. The molecule has 0 radical (unpaired) electrons. The van der Waals surface area contributed by atoms with Gasteiger partial charge >= 0.3 is 0 Å². The van der Waals surface area contributed by atoms with E-state index in [-0.39, 0.29) is 6.04 Å². The molecule has 6 N–H and O–H groups in total. The lowest BCUT2D eigenvalue weighted by Gasteiger charge is -2.21. The number of nitrogens with one attached hydrogen (secondary N) is 2. The van der Waals surface area contributed by atoms with E-state index in [0.717, 1.165) is 78.9 Å². The van der Waals surface area contributed by atoms with Gasteiger partial charge in [0.25, 0.3) is 0 Å². The zero-order chi connectivity index (χ0) is 47.5. The normalized spacial score (nSPS) is 15.2. The van der Waals surface area contributed by atoms with Crippen molar-refractivity contribution in [2.45, 2.75) is 126 Å². The molecule has 3 aromatic carbocycles. The third-order valence-corrected chi connectivity index (χ3v) is 13.3. The van der Waals surface area contributed by atoms with Crippen LogP contribution in [0.1, 0.15) is 137 Å². The molecule has 0 spiro atoms. The molecule has 4 aromatic rings. The molecule has 0 fully saturated rings. The molecule has 0 amide bonds. The van der Waals surface area contributed by atoms with E-state index < -0.39 is 0 Å².